The van der Waals surface area contributed by atoms with Gasteiger partial charge in [-0.3, -0.25) is 4.79 Å². The first-order valence-electron chi connectivity index (χ1n) is 6.90. The first-order valence-corrected chi connectivity index (χ1v) is 6.90. The fraction of sp³-hybridized carbons (Fsp3) is 0.533. The molecule has 0 amide bonds. The van der Waals surface area contributed by atoms with Gasteiger partial charge in [0.25, 0.3) is 0 Å². The minimum Gasteiger partial charge on any atom is -0.493 e. The number of fused-ring (bicyclic) bond motifs is 1. The lowest BCUT2D eigenvalue weighted by atomic mass is 9.91. The van der Waals surface area contributed by atoms with Gasteiger partial charge in [0.1, 0.15) is 11.8 Å². The molecule has 4 heteroatoms. The topological polar surface area (TPSA) is 72.5 Å². The maximum absolute atomic E-state index is 10.6. The van der Waals surface area contributed by atoms with E-state index in [2.05, 4.69) is 6.07 Å². The van der Waals surface area contributed by atoms with Gasteiger partial charge in [0.05, 0.1) is 6.61 Å². The number of carbonyl (C=O) groups is 1. The van der Waals surface area contributed by atoms with Gasteiger partial charge >= 0.3 is 5.97 Å². The van der Waals surface area contributed by atoms with E-state index in [0.717, 1.165) is 18.6 Å². The van der Waals surface area contributed by atoms with Crippen molar-refractivity contribution in [2.75, 3.05) is 6.61 Å². The van der Waals surface area contributed by atoms with Crippen molar-refractivity contribution < 1.29 is 14.6 Å². The molecule has 0 heterocycles. The number of nitrogens with two attached hydrogens (primary N) is 1. The van der Waals surface area contributed by atoms with Gasteiger partial charge in [0.2, 0.25) is 0 Å². The summed E-state index contributed by atoms with van der Waals surface area (Å²) in [6, 6.07) is 5.42. The van der Waals surface area contributed by atoms with Crippen molar-refractivity contribution in [3.63, 3.8) is 0 Å². The molecule has 0 saturated carbocycles. The quantitative estimate of drug-likeness (QED) is 0.771. The molecule has 1 atom stereocenters. The molecule has 0 spiro atoms. The molecule has 1 aliphatic rings. The summed E-state index contributed by atoms with van der Waals surface area (Å²) < 4.78 is 5.79. The van der Waals surface area contributed by atoms with Crippen molar-refractivity contribution in [1.29, 1.82) is 0 Å². The molecule has 0 aliphatic heterocycles. The van der Waals surface area contributed by atoms with Gasteiger partial charge in [-0.15, -0.1) is 0 Å². The molecule has 0 aromatic heterocycles. The number of aliphatic carboxylic acids is 1. The van der Waals surface area contributed by atoms with Crippen LogP contribution in [0.25, 0.3) is 0 Å². The summed E-state index contributed by atoms with van der Waals surface area (Å²) in [5, 5.41) is 8.69. The molecule has 0 fully saturated rings. The van der Waals surface area contributed by atoms with E-state index in [1.54, 1.807) is 0 Å². The zero-order chi connectivity index (χ0) is 13.7. The van der Waals surface area contributed by atoms with Gasteiger partial charge in [-0.1, -0.05) is 12.1 Å². The van der Waals surface area contributed by atoms with Crippen LogP contribution in [0.1, 0.15) is 36.8 Å². The number of ether oxygens (including phenoxy) is 1. The number of hydrogen-bond acceptors (Lipinski definition) is 3. The molecule has 1 aromatic carbocycles. The highest BCUT2D eigenvalue weighted by atomic mass is 16.5. The Labute approximate surface area is 113 Å². The van der Waals surface area contributed by atoms with Crippen molar-refractivity contribution in [1.82, 2.24) is 0 Å². The summed E-state index contributed by atoms with van der Waals surface area (Å²) in [7, 11) is 0. The van der Waals surface area contributed by atoms with Crippen LogP contribution in [0.2, 0.25) is 0 Å². The number of carboxylic acid groups (broad SMARTS) is 1. The van der Waals surface area contributed by atoms with Crippen LogP contribution in [-0.4, -0.2) is 23.7 Å². The zero-order valence-corrected chi connectivity index (χ0v) is 11.1. The molecule has 0 saturated heterocycles. The SMILES string of the molecule is NC(CCCOc1cccc2c1CCCC2)C(=O)O. The van der Waals surface area contributed by atoms with Crippen LogP contribution < -0.4 is 10.5 Å². The minimum absolute atomic E-state index is 0.449. The summed E-state index contributed by atoms with van der Waals surface area (Å²) in [5.74, 6) is 0.0122. The minimum atomic E-state index is -0.947. The maximum Gasteiger partial charge on any atom is 0.320 e. The van der Waals surface area contributed by atoms with Crippen LogP contribution in [0.15, 0.2) is 18.2 Å². The molecule has 4 nitrogen and oxygen atoms in total. The summed E-state index contributed by atoms with van der Waals surface area (Å²) in [5.41, 5.74) is 8.18. The van der Waals surface area contributed by atoms with E-state index in [9.17, 15) is 4.79 Å². The molecule has 19 heavy (non-hydrogen) atoms. The fourth-order valence-corrected chi connectivity index (χ4v) is 2.49. The Balaban J connectivity index is 1.85. The first kappa shape index (κ1) is 13.9. The van der Waals surface area contributed by atoms with Crippen molar-refractivity contribution in [3.8, 4) is 5.75 Å². The second-order valence-corrected chi connectivity index (χ2v) is 5.04. The molecular formula is C15H21NO3. The van der Waals surface area contributed by atoms with E-state index in [1.807, 2.05) is 12.1 Å². The molecule has 2 rings (SSSR count). The highest BCUT2D eigenvalue weighted by Gasteiger charge is 2.14. The predicted molar refractivity (Wildman–Crippen MR) is 73.4 cm³/mol. The summed E-state index contributed by atoms with van der Waals surface area (Å²) in [6.07, 6.45) is 5.80. The van der Waals surface area contributed by atoms with E-state index < -0.39 is 12.0 Å². The lowest BCUT2D eigenvalue weighted by Gasteiger charge is -2.19. The second kappa shape index (κ2) is 6.57. The third kappa shape index (κ3) is 3.70. The molecule has 0 radical (unpaired) electrons. The number of benzene rings is 1. The van der Waals surface area contributed by atoms with E-state index in [4.69, 9.17) is 15.6 Å². The lowest BCUT2D eigenvalue weighted by Crippen LogP contribution is -2.30. The zero-order valence-electron chi connectivity index (χ0n) is 11.1. The van der Waals surface area contributed by atoms with Crippen LogP contribution in [-0.2, 0) is 17.6 Å². The van der Waals surface area contributed by atoms with Crippen molar-refractivity contribution in [3.05, 3.63) is 29.3 Å². The Bertz CT molecular complexity index is 445. The Hall–Kier alpha value is -1.55. The van der Waals surface area contributed by atoms with Crippen LogP contribution >= 0.6 is 0 Å². The van der Waals surface area contributed by atoms with Crippen LogP contribution in [0.4, 0.5) is 0 Å². The average molecular weight is 263 g/mol. The average Bonchev–Trinajstić information content (AvgIpc) is 2.43. The maximum atomic E-state index is 10.6. The largest absolute Gasteiger partial charge is 0.493 e. The molecule has 104 valence electrons. The predicted octanol–water partition coefficient (Wildman–Crippen LogP) is 2.14. The lowest BCUT2D eigenvalue weighted by molar-refractivity contribution is -0.138. The smallest absolute Gasteiger partial charge is 0.320 e. The van der Waals surface area contributed by atoms with Gasteiger partial charge in [0.15, 0.2) is 0 Å². The number of rotatable bonds is 6. The van der Waals surface area contributed by atoms with Crippen molar-refractivity contribution in [2.45, 2.75) is 44.6 Å². The fourth-order valence-electron chi connectivity index (χ4n) is 2.49. The van der Waals surface area contributed by atoms with Gasteiger partial charge in [-0.05, 0) is 55.7 Å². The van der Waals surface area contributed by atoms with E-state index in [1.165, 1.54) is 24.0 Å². The Morgan fingerprint density at radius 1 is 1.37 bits per heavy atom. The molecule has 1 aliphatic carbocycles. The first-order chi connectivity index (χ1) is 9.18. The monoisotopic (exact) mass is 263 g/mol. The van der Waals surface area contributed by atoms with Crippen LogP contribution in [0, 0.1) is 0 Å². The van der Waals surface area contributed by atoms with Gasteiger partial charge in [0, 0.05) is 0 Å². The van der Waals surface area contributed by atoms with Crippen LogP contribution in [0.5, 0.6) is 5.75 Å². The van der Waals surface area contributed by atoms with E-state index >= 15 is 0 Å². The number of carboxylic acids is 1. The Morgan fingerprint density at radius 3 is 2.95 bits per heavy atom. The summed E-state index contributed by atoms with van der Waals surface area (Å²) >= 11 is 0. The highest BCUT2D eigenvalue weighted by Crippen LogP contribution is 2.29. The summed E-state index contributed by atoms with van der Waals surface area (Å²) in [4.78, 5) is 10.6. The summed E-state index contributed by atoms with van der Waals surface area (Å²) in [6.45, 7) is 0.525. The van der Waals surface area contributed by atoms with Gasteiger partial charge < -0.3 is 15.6 Å². The Morgan fingerprint density at radius 2 is 2.16 bits per heavy atom. The number of hydrogen-bond donors (Lipinski definition) is 2. The van der Waals surface area contributed by atoms with E-state index in [-0.39, 0.29) is 0 Å². The number of aryl methyl sites for hydroxylation is 1. The third-order valence-electron chi connectivity index (χ3n) is 3.59. The van der Waals surface area contributed by atoms with Gasteiger partial charge in [-0.2, -0.15) is 0 Å². The molecule has 1 unspecified atom stereocenters. The molecular weight excluding hydrogens is 242 g/mol. The van der Waals surface area contributed by atoms with E-state index in [0.29, 0.717) is 19.4 Å². The van der Waals surface area contributed by atoms with Gasteiger partial charge in [-0.25, -0.2) is 0 Å². The van der Waals surface area contributed by atoms with Crippen LogP contribution in [0.3, 0.4) is 0 Å². The molecule has 0 bridgehead atoms. The normalized spacial score (nSPS) is 15.6. The van der Waals surface area contributed by atoms with Crippen molar-refractivity contribution in [2.24, 2.45) is 5.73 Å². The Kier molecular flexibility index (Phi) is 4.80. The molecule has 1 aromatic rings. The third-order valence-corrected chi connectivity index (χ3v) is 3.59. The second-order valence-electron chi connectivity index (χ2n) is 5.04. The molecule has 3 N–H and O–H groups in total. The standard InChI is InChI=1S/C15H21NO3/c16-13(15(17)18)8-4-10-19-14-9-3-6-11-5-1-2-7-12(11)14/h3,6,9,13H,1-2,4-5,7-8,10,16H2,(H,17,18). The highest BCUT2D eigenvalue weighted by molar-refractivity contribution is 5.72. The van der Waals surface area contributed by atoms with Crippen molar-refractivity contribution >= 4 is 5.97 Å².